The number of carbonyl (C=O) groups is 3. The van der Waals surface area contributed by atoms with Gasteiger partial charge in [0.1, 0.15) is 13.2 Å². The van der Waals surface area contributed by atoms with Crippen molar-refractivity contribution in [3.8, 4) is 0 Å². The van der Waals surface area contributed by atoms with Gasteiger partial charge in [0, 0.05) is 19.3 Å². The Morgan fingerprint density at radius 3 is 0.780 bits per heavy atom. The Morgan fingerprint density at radius 2 is 0.488 bits per heavy atom. The lowest BCUT2D eigenvalue weighted by molar-refractivity contribution is -0.167. The van der Waals surface area contributed by atoms with Gasteiger partial charge in [0.15, 0.2) is 6.10 Å². The Kier molecular flexibility index (Phi) is 62.5. The normalized spacial score (nSPS) is 13.5. The molecule has 0 bridgehead atoms. The summed E-state index contributed by atoms with van der Waals surface area (Å²) in [4.78, 5) is 38.0. The lowest BCUT2D eigenvalue weighted by Crippen LogP contribution is -2.30. The maximum Gasteiger partial charge on any atom is 0.306 e. The quantitative estimate of drug-likeness (QED) is 0.0261. The first-order chi connectivity index (χ1) is 40.5. The van der Waals surface area contributed by atoms with Crippen molar-refractivity contribution in [1.29, 1.82) is 0 Å². The molecule has 0 aromatic carbocycles. The monoisotopic (exact) mass is 1120 g/mol. The number of esters is 3. The highest BCUT2D eigenvalue weighted by Gasteiger charge is 2.19. The second-order valence-electron chi connectivity index (χ2n) is 20.2. The Bertz CT molecular complexity index is 2020. The molecule has 0 fully saturated rings. The topological polar surface area (TPSA) is 78.9 Å². The van der Waals surface area contributed by atoms with Crippen LogP contribution < -0.4 is 0 Å². The minimum absolute atomic E-state index is 0.120. The molecule has 1 atom stereocenters. The van der Waals surface area contributed by atoms with E-state index in [-0.39, 0.29) is 37.5 Å². The zero-order chi connectivity index (χ0) is 59.2. The van der Waals surface area contributed by atoms with Gasteiger partial charge in [-0.1, -0.05) is 272 Å². The molecule has 0 spiro atoms. The summed E-state index contributed by atoms with van der Waals surface area (Å²) < 4.78 is 16.7. The number of carbonyl (C=O) groups excluding carboxylic acids is 3. The fraction of sp³-hybridized carbons (Fsp3) is 0.513. The summed E-state index contributed by atoms with van der Waals surface area (Å²) in [6.45, 7) is 6.25. The van der Waals surface area contributed by atoms with E-state index in [1.165, 1.54) is 19.3 Å². The van der Waals surface area contributed by atoms with Gasteiger partial charge in [-0.25, -0.2) is 0 Å². The summed E-state index contributed by atoms with van der Waals surface area (Å²) >= 11 is 0. The van der Waals surface area contributed by atoms with Crippen LogP contribution in [0.2, 0.25) is 0 Å². The van der Waals surface area contributed by atoms with E-state index < -0.39 is 6.10 Å². The molecule has 0 aromatic heterocycles. The van der Waals surface area contributed by atoms with Crippen LogP contribution in [0.25, 0.3) is 0 Å². The van der Waals surface area contributed by atoms with Gasteiger partial charge in [-0.15, -0.1) is 0 Å². The molecule has 0 radical (unpaired) electrons. The van der Waals surface area contributed by atoms with E-state index in [0.29, 0.717) is 19.3 Å². The molecule has 0 heterocycles. The van der Waals surface area contributed by atoms with Crippen LogP contribution in [0.4, 0.5) is 0 Å². The Morgan fingerprint density at radius 1 is 0.256 bits per heavy atom. The highest BCUT2D eigenvalue weighted by molar-refractivity contribution is 5.71. The van der Waals surface area contributed by atoms with Crippen molar-refractivity contribution in [1.82, 2.24) is 0 Å². The molecule has 454 valence electrons. The van der Waals surface area contributed by atoms with E-state index in [4.69, 9.17) is 14.2 Å². The number of allylic oxidation sites excluding steroid dienone is 34. The first-order valence-electron chi connectivity index (χ1n) is 32.1. The highest BCUT2D eigenvalue weighted by atomic mass is 16.6. The number of rotatable bonds is 55. The fourth-order valence-corrected chi connectivity index (χ4v) is 7.81. The maximum atomic E-state index is 12.8. The van der Waals surface area contributed by atoms with E-state index in [9.17, 15) is 14.4 Å². The van der Waals surface area contributed by atoms with E-state index in [1.807, 2.05) is 0 Å². The van der Waals surface area contributed by atoms with Gasteiger partial charge < -0.3 is 14.2 Å². The molecule has 0 aromatic rings. The summed E-state index contributed by atoms with van der Waals surface area (Å²) in [5, 5.41) is 0. The van der Waals surface area contributed by atoms with Gasteiger partial charge in [-0.3, -0.25) is 14.4 Å². The van der Waals surface area contributed by atoms with Crippen LogP contribution in [-0.4, -0.2) is 37.2 Å². The van der Waals surface area contributed by atoms with Crippen LogP contribution in [0.5, 0.6) is 0 Å². The second kappa shape index (κ2) is 67.5. The van der Waals surface area contributed by atoms with Crippen molar-refractivity contribution in [3.05, 3.63) is 207 Å². The molecule has 0 rings (SSSR count). The molecule has 0 saturated heterocycles. The minimum Gasteiger partial charge on any atom is -0.462 e. The minimum atomic E-state index is -0.829. The van der Waals surface area contributed by atoms with Gasteiger partial charge in [0.2, 0.25) is 0 Å². The van der Waals surface area contributed by atoms with Gasteiger partial charge in [-0.2, -0.15) is 0 Å². The second-order valence-corrected chi connectivity index (χ2v) is 20.2. The van der Waals surface area contributed by atoms with Crippen LogP contribution in [0.1, 0.15) is 233 Å². The maximum absolute atomic E-state index is 12.8. The average Bonchev–Trinajstić information content (AvgIpc) is 3.47. The predicted molar refractivity (Wildman–Crippen MR) is 357 cm³/mol. The standard InChI is InChI=1S/C76H114O6/c1-4-7-10-13-16-18-20-22-24-26-28-30-32-33-34-35-36-37-38-39-40-41-42-43-45-46-48-50-52-54-56-58-60-63-66-69-75(78)81-72-73(71-80-74(77)68-65-62-15-12-9-6-3)82-76(79)70-67-64-61-59-57-55-53-51-49-47-44-31-29-27-25-23-21-19-17-14-11-8-5-2/h7-8,10-11,16-19,22-25,28-31,33-34,36-37,39-40,42-43,46-49,52-55,59,61,73H,4-6,9,12-15,20-21,26-27,32,35,38,41,44-45,50-51,56-58,60,62-72H2,1-3H3/b10-7-,11-8-,18-16-,19-17-,24-22-,25-23-,30-28-,31-29-,34-33-,37-36-,40-39-,43-42-,48-46-,49-47-,54-52-,55-53-,61-59-. The third kappa shape index (κ3) is 64.8. The van der Waals surface area contributed by atoms with Crippen LogP contribution >= 0.6 is 0 Å². The van der Waals surface area contributed by atoms with Crippen LogP contribution in [0.3, 0.4) is 0 Å². The van der Waals surface area contributed by atoms with Gasteiger partial charge in [0.05, 0.1) is 0 Å². The molecule has 0 N–H and O–H groups in total. The Labute approximate surface area is 502 Å². The number of hydrogen-bond donors (Lipinski definition) is 0. The lowest BCUT2D eigenvalue weighted by Gasteiger charge is -2.18. The third-order valence-electron chi connectivity index (χ3n) is 12.5. The van der Waals surface area contributed by atoms with Gasteiger partial charge >= 0.3 is 17.9 Å². The zero-order valence-corrected chi connectivity index (χ0v) is 51.9. The van der Waals surface area contributed by atoms with Crippen molar-refractivity contribution >= 4 is 17.9 Å². The van der Waals surface area contributed by atoms with Crippen molar-refractivity contribution in [2.24, 2.45) is 0 Å². The van der Waals surface area contributed by atoms with Gasteiger partial charge in [-0.05, 0) is 148 Å². The van der Waals surface area contributed by atoms with E-state index in [1.54, 1.807) is 0 Å². The predicted octanol–water partition coefficient (Wildman–Crippen LogP) is 22.4. The largest absolute Gasteiger partial charge is 0.462 e. The Balaban J connectivity index is 4.29. The van der Waals surface area contributed by atoms with Crippen LogP contribution in [0, 0.1) is 0 Å². The van der Waals surface area contributed by atoms with Crippen molar-refractivity contribution in [2.75, 3.05) is 13.2 Å². The molecule has 0 aliphatic heterocycles. The SMILES string of the molecule is CC/C=C\C/C=C\C/C=C\C/C=C\C/C=C\C/C=C\C/C=C\C/C=C\C/C=C\C/C=C\CCCCCCC(=O)OCC(COC(=O)CCCCCCCC)OC(=O)CCC/C=C\C/C=C\C/C=C\C/C=C\C/C=C\C/C=C\C/C=C\CC. The van der Waals surface area contributed by atoms with E-state index in [0.717, 1.165) is 167 Å². The summed E-state index contributed by atoms with van der Waals surface area (Å²) in [6.07, 6.45) is 104. The first kappa shape index (κ1) is 76.0. The molecular formula is C76H114O6. The van der Waals surface area contributed by atoms with Crippen molar-refractivity contribution in [2.45, 2.75) is 239 Å². The first-order valence-corrected chi connectivity index (χ1v) is 32.1. The molecular weight excluding hydrogens is 1010 g/mol. The van der Waals surface area contributed by atoms with Crippen LogP contribution in [0.15, 0.2) is 207 Å². The van der Waals surface area contributed by atoms with Gasteiger partial charge in [0.25, 0.3) is 0 Å². The molecule has 0 amide bonds. The third-order valence-corrected chi connectivity index (χ3v) is 12.5. The molecule has 0 aliphatic rings. The number of unbranched alkanes of at least 4 members (excludes halogenated alkanes) is 10. The molecule has 6 heteroatoms. The number of ether oxygens (including phenoxy) is 3. The molecule has 0 saturated carbocycles. The van der Waals surface area contributed by atoms with E-state index >= 15 is 0 Å². The summed E-state index contributed by atoms with van der Waals surface area (Å²) in [6, 6.07) is 0. The zero-order valence-electron chi connectivity index (χ0n) is 51.9. The number of hydrogen-bond acceptors (Lipinski definition) is 6. The van der Waals surface area contributed by atoms with E-state index in [2.05, 4.69) is 227 Å². The molecule has 6 nitrogen and oxygen atoms in total. The summed E-state index contributed by atoms with van der Waals surface area (Å²) in [5.41, 5.74) is 0. The summed E-state index contributed by atoms with van der Waals surface area (Å²) in [7, 11) is 0. The molecule has 0 aliphatic carbocycles. The lowest BCUT2D eigenvalue weighted by atomic mass is 10.1. The van der Waals surface area contributed by atoms with Crippen molar-refractivity contribution in [3.63, 3.8) is 0 Å². The van der Waals surface area contributed by atoms with Crippen LogP contribution in [-0.2, 0) is 28.6 Å². The molecule has 82 heavy (non-hydrogen) atoms. The Hall–Kier alpha value is -6.01. The van der Waals surface area contributed by atoms with Crippen molar-refractivity contribution < 1.29 is 28.6 Å². The fourth-order valence-electron chi connectivity index (χ4n) is 7.81. The molecule has 1 unspecified atom stereocenters. The highest BCUT2D eigenvalue weighted by Crippen LogP contribution is 2.12. The smallest absolute Gasteiger partial charge is 0.306 e. The summed E-state index contributed by atoms with van der Waals surface area (Å²) in [5.74, 6) is -1.03. The average molecular weight is 1120 g/mol.